The lowest BCUT2D eigenvalue weighted by Gasteiger charge is -2.20. The lowest BCUT2D eigenvalue weighted by molar-refractivity contribution is 0.356. The minimum atomic E-state index is 0.407. The molecule has 1 aromatic rings. The Morgan fingerprint density at radius 1 is 1.53 bits per heavy atom. The van der Waals surface area contributed by atoms with E-state index in [9.17, 15) is 0 Å². The Balaban J connectivity index is 2.61. The molecule has 1 atom stereocenters. The van der Waals surface area contributed by atoms with E-state index in [1.54, 1.807) is 0 Å². The smallest absolute Gasteiger partial charge is 0.0550 e. The summed E-state index contributed by atoms with van der Waals surface area (Å²) in [5, 5.41) is 7.70. The Bertz CT molecular complexity index is 280. The van der Waals surface area contributed by atoms with Crippen molar-refractivity contribution in [2.75, 3.05) is 27.2 Å². The molecule has 0 saturated heterocycles. The topological polar surface area (TPSA) is 33.1 Å². The summed E-state index contributed by atoms with van der Waals surface area (Å²) in [4.78, 5) is 2.21. The summed E-state index contributed by atoms with van der Waals surface area (Å²) >= 11 is 0. The van der Waals surface area contributed by atoms with Gasteiger partial charge in [-0.1, -0.05) is 6.92 Å². The second-order valence-corrected chi connectivity index (χ2v) is 4.08. The van der Waals surface area contributed by atoms with Crippen molar-refractivity contribution in [3.63, 3.8) is 0 Å². The van der Waals surface area contributed by atoms with Crippen molar-refractivity contribution in [2.45, 2.75) is 19.4 Å². The lowest BCUT2D eigenvalue weighted by atomic mass is 10.1. The van der Waals surface area contributed by atoms with Crippen molar-refractivity contribution in [2.24, 2.45) is 7.05 Å². The van der Waals surface area contributed by atoms with Gasteiger partial charge in [0.15, 0.2) is 0 Å². The highest BCUT2D eigenvalue weighted by Crippen LogP contribution is 2.15. The van der Waals surface area contributed by atoms with Crippen LogP contribution < -0.4 is 5.32 Å². The molecule has 1 unspecified atom stereocenters. The summed E-state index contributed by atoms with van der Waals surface area (Å²) in [5.41, 5.74) is 1.26. The Labute approximate surface area is 92.3 Å². The largest absolute Gasteiger partial charge is 0.309 e. The molecule has 0 aliphatic rings. The summed E-state index contributed by atoms with van der Waals surface area (Å²) < 4.78 is 1.95. The Morgan fingerprint density at radius 2 is 2.27 bits per heavy atom. The van der Waals surface area contributed by atoms with Crippen LogP contribution in [0.5, 0.6) is 0 Å². The van der Waals surface area contributed by atoms with Gasteiger partial charge in [-0.25, -0.2) is 0 Å². The molecule has 4 heteroatoms. The van der Waals surface area contributed by atoms with Crippen LogP contribution in [0.3, 0.4) is 0 Å². The predicted molar refractivity (Wildman–Crippen MR) is 62.8 cm³/mol. The SMILES string of the molecule is CCNC(CCN(C)C)c1ccnn1C. The predicted octanol–water partition coefficient (Wildman–Crippen LogP) is 1.02. The van der Waals surface area contributed by atoms with Gasteiger partial charge in [0.2, 0.25) is 0 Å². The van der Waals surface area contributed by atoms with Crippen molar-refractivity contribution < 1.29 is 0 Å². The molecular formula is C11H22N4. The quantitative estimate of drug-likeness (QED) is 0.761. The third-order valence-corrected chi connectivity index (χ3v) is 2.53. The summed E-state index contributed by atoms with van der Waals surface area (Å²) in [6.45, 7) is 4.21. The number of aromatic nitrogens is 2. The van der Waals surface area contributed by atoms with Crippen LogP contribution in [0, 0.1) is 0 Å². The van der Waals surface area contributed by atoms with Gasteiger partial charge in [-0.15, -0.1) is 0 Å². The molecule has 1 heterocycles. The fourth-order valence-electron chi connectivity index (χ4n) is 1.71. The second kappa shape index (κ2) is 5.88. The summed E-state index contributed by atoms with van der Waals surface area (Å²) in [6.07, 6.45) is 2.97. The summed E-state index contributed by atoms with van der Waals surface area (Å²) in [5.74, 6) is 0. The minimum Gasteiger partial charge on any atom is -0.309 e. The normalized spacial score (nSPS) is 13.4. The molecule has 0 aliphatic heterocycles. The fraction of sp³-hybridized carbons (Fsp3) is 0.727. The number of hydrogen-bond donors (Lipinski definition) is 1. The maximum atomic E-state index is 4.21. The van der Waals surface area contributed by atoms with Crippen LogP contribution in [0.25, 0.3) is 0 Å². The van der Waals surface area contributed by atoms with Crippen molar-refractivity contribution in [3.8, 4) is 0 Å². The van der Waals surface area contributed by atoms with Crippen LogP contribution in [0.1, 0.15) is 25.1 Å². The van der Waals surface area contributed by atoms with E-state index in [4.69, 9.17) is 0 Å². The van der Waals surface area contributed by atoms with Gasteiger partial charge in [-0.05, 0) is 39.7 Å². The molecule has 1 aromatic heterocycles. The standard InChI is InChI=1S/C11H22N4/c1-5-12-10(7-9-14(2)3)11-6-8-13-15(11)4/h6,8,10,12H,5,7,9H2,1-4H3. The molecule has 0 spiro atoms. The maximum absolute atomic E-state index is 4.21. The van der Waals surface area contributed by atoms with E-state index in [1.807, 2.05) is 17.9 Å². The Kier molecular flexibility index (Phi) is 4.78. The number of aryl methyl sites for hydroxylation is 1. The van der Waals surface area contributed by atoms with E-state index in [-0.39, 0.29) is 0 Å². The molecule has 0 fully saturated rings. The number of nitrogens with one attached hydrogen (secondary N) is 1. The molecule has 15 heavy (non-hydrogen) atoms. The zero-order valence-corrected chi connectivity index (χ0v) is 10.2. The molecular weight excluding hydrogens is 188 g/mol. The van der Waals surface area contributed by atoms with E-state index in [0.717, 1.165) is 19.5 Å². The van der Waals surface area contributed by atoms with E-state index < -0.39 is 0 Å². The highest BCUT2D eigenvalue weighted by Gasteiger charge is 2.13. The van der Waals surface area contributed by atoms with E-state index in [1.165, 1.54) is 5.69 Å². The highest BCUT2D eigenvalue weighted by atomic mass is 15.3. The van der Waals surface area contributed by atoms with Crippen molar-refractivity contribution in [1.29, 1.82) is 0 Å². The van der Waals surface area contributed by atoms with Gasteiger partial charge < -0.3 is 10.2 Å². The van der Waals surface area contributed by atoms with Gasteiger partial charge in [-0.3, -0.25) is 4.68 Å². The first-order valence-corrected chi connectivity index (χ1v) is 5.51. The monoisotopic (exact) mass is 210 g/mol. The zero-order chi connectivity index (χ0) is 11.3. The average molecular weight is 210 g/mol. The van der Waals surface area contributed by atoms with Crippen molar-refractivity contribution in [3.05, 3.63) is 18.0 Å². The lowest BCUT2D eigenvalue weighted by Crippen LogP contribution is -2.27. The van der Waals surface area contributed by atoms with Crippen LogP contribution in [0.15, 0.2) is 12.3 Å². The van der Waals surface area contributed by atoms with Crippen LogP contribution in [-0.4, -0.2) is 41.9 Å². The van der Waals surface area contributed by atoms with Gasteiger partial charge in [0.1, 0.15) is 0 Å². The van der Waals surface area contributed by atoms with Crippen molar-refractivity contribution >= 4 is 0 Å². The average Bonchev–Trinajstić information content (AvgIpc) is 2.59. The van der Waals surface area contributed by atoms with Gasteiger partial charge in [0.25, 0.3) is 0 Å². The molecule has 4 nitrogen and oxygen atoms in total. The minimum absolute atomic E-state index is 0.407. The number of rotatable bonds is 6. The van der Waals surface area contributed by atoms with Crippen LogP contribution in [0.4, 0.5) is 0 Å². The molecule has 1 N–H and O–H groups in total. The first kappa shape index (κ1) is 12.2. The Morgan fingerprint density at radius 3 is 2.73 bits per heavy atom. The van der Waals surface area contributed by atoms with Crippen molar-refractivity contribution in [1.82, 2.24) is 20.0 Å². The van der Waals surface area contributed by atoms with Gasteiger partial charge >= 0.3 is 0 Å². The molecule has 0 radical (unpaired) electrons. The van der Waals surface area contributed by atoms with Crippen LogP contribution in [0.2, 0.25) is 0 Å². The third kappa shape index (κ3) is 3.64. The molecule has 1 rings (SSSR count). The van der Waals surface area contributed by atoms with E-state index in [0.29, 0.717) is 6.04 Å². The number of hydrogen-bond acceptors (Lipinski definition) is 3. The fourth-order valence-corrected chi connectivity index (χ4v) is 1.71. The van der Waals surface area contributed by atoms with Crippen LogP contribution in [-0.2, 0) is 7.05 Å². The Hall–Kier alpha value is -0.870. The molecule has 0 aliphatic carbocycles. The molecule has 0 saturated carbocycles. The van der Waals surface area contributed by atoms with Gasteiger partial charge in [0, 0.05) is 13.2 Å². The number of nitrogens with zero attached hydrogens (tertiary/aromatic N) is 3. The van der Waals surface area contributed by atoms with Crippen LogP contribution >= 0.6 is 0 Å². The zero-order valence-electron chi connectivity index (χ0n) is 10.2. The first-order chi connectivity index (χ1) is 7.15. The third-order valence-electron chi connectivity index (χ3n) is 2.53. The van der Waals surface area contributed by atoms with Gasteiger partial charge in [-0.2, -0.15) is 5.10 Å². The second-order valence-electron chi connectivity index (χ2n) is 4.08. The molecule has 0 bridgehead atoms. The van der Waals surface area contributed by atoms with E-state index >= 15 is 0 Å². The van der Waals surface area contributed by atoms with Gasteiger partial charge in [0.05, 0.1) is 11.7 Å². The first-order valence-electron chi connectivity index (χ1n) is 5.51. The molecule has 0 aromatic carbocycles. The molecule has 0 amide bonds. The summed E-state index contributed by atoms with van der Waals surface area (Å²) in [7, 11) is 6.20. The molecule has 86 valence electrons. The maximum Gasteiger partial charge on any atom is 0.0550 e. The summed E-state index contributed by atoms with van der Waals surface area (Å²) in [6, 6.07) is 2.49. The highest BCUT2D eigenvalue weighted by molar-refractivity contribution is 5.06. The van der Waals surface area contributed by atoms with E-state index in [2.05, 4.69) is 42.4 Å².